The molecule has 164 valence electrons. The van der Waals surface area contributed by atoms with Gasteiger partial charge in [0.2, 0.25) is 0 Å². The lowest BCUT2D eigenvalue weighted by Crippen LogP contribution is -2.05. The van der Waals surface area contributed by atoms with Gasteiger partial charge < -0.3 is 9.47 Å². The van der Waals surface area contributed by atoms with Crippen molar-refractivity contribution in [2.24, 2.45) is 0 Å². The quantitative estimate of drug-likeness (QED) is 0.133. The maximum atomic E-state index is 5.91. The first kappa shape index (κ1) is 24.0. The summed E-state index contributed by atoms with van der Waals surface area (Å²) >= 11 is 0. The summed E-state index contributed by atoms with van der Waals surface area (Å²) in [6, 6.07) is 8.48. The predicted octanol–water partition coefficient (Wildman–Crippen LogP) is 8.04. The predicted molar refractivity (Wildman–Crippen MR) is 125 cm³/mol. The molecule has 1 unspecified atom stereocenters. The first-order valence-electron chi connectivity index (χ1n) is 12.4. The highest BCUT2D eigenvalue weighted by atomic mass is 16.6. The van der Waals surface area contributed by atoms with Crippen molar-refractivity contribution < 1.29 is 9.47 Å². The van der Waals surface area contributed by atoms with Crippen LogP contribution in [0.4, 0.5) is 0 Å². The fraction of sp³-hybridized carbons (Fsp3) is 0.704. The topological polar surface area (TPSA) is 21.8 Å². The minimum absolute atomic E-state index is 0.327. The second kappa shape index (κ2) is 16.5. The summed E-state index contributed by atoms with van der Waals surface area (Å²) in [5, 5.41) is 0. The van der Waals surface area contributed by atoms with Crippen LogP contribution in [0.25, 0.3) is 0 Å². The highest BCUT2D eigenvalue weighted by molar-refractivity contribution is 5.33. The molecule has 2 heteroatoms. The molecular weight excluding hydrogens is 356 g/mol. The molecule has 1 fully saturated rings. The molecule has 0 spiro atoms. The SMILES string of the molecule is CCCCCCCCC/C=C/CCCCCCCc1ccccc1OCC1CO1. The first-order valence-corrected chi connectivity index (χ1v) is 12.4. The van der Waals surface area contributed by atoms with E-state index in [4.69, 9.17) is 9.47 Å². The Labute approximate surface area is 180 Å². The molecule has 0 bridgehead atoms. The molecular formula is C27H44O2. The van der Waals surface area contributed by atoms with Gasteiger partial charge in [0.25, 0.3) is 0 Å². The van der Waals surface area contributed by atoms with Gasteiger partial charge in [-0.15, -0.1) is 0 Å². The van der Waals surface area contributed by atoms with Crippen molar-refractivity contribution in [3.05, 3.63) is 42.0 Å². The fourth-order valence-corrected chi connectivity index (χ4v) is 3.76. The van der Waals surface area contributed by atoms with E-state index in [0.29, 0.717) is 12.7 Å². The Hall–Kier alpha value is -1.28. The highest BCUT2D eigenvalue weighted by Crippen LogP contribution is 2.22. The van der Waals surface area contributed by atoms with Crippen molar-refractivity contribution in [3.8, 4) is 5.75 Å². The van der Waals surface area contributed by atoms with Gasteiger partial charge in [-0.05, 0) is 50.2 Å². The molecule has 0 amide bonds. The molecule has 0 aromatic heterocycles. The number of hydrogen-bond donors (Lipinski definition) is 0. The average molecular weight is 401 g/mol. The van der Waals surface area contributed by atoms with Gasteiger partial charge in [0.1, 0.15) is 18.5 Å². The van der Waals surface area contributed by atoms with Crippen LogP contribution in [-0.4, -0.2) is 19.3 Å². The lowest BCUT2D eigenvalue weighted by Gasteiger charge is -2.10. The smallest absolute Gasteiger partial charge is 0.122 e. The van der Waals surface area contributed by atoms with E-state index in [1.54, 1.807) is 0 Å². The van der Waals surface area contributed by atoms with Crippen LogP contribution < -0.4 is 4.74 Å². The van der Waals surface area contributed by atoms with E-state index in [1.165, 1.54) is 95.5 Å². The number of aryl methyl sites for hydroxylation is 1. The van der Waals surface area contributed by atoms with Crippen LogP contribution in [0.5, 0.6) is 5.75 Å². The zero-order valence-electron chi connectivity index (χ0n) is 18.9. The Balaban J connectivity index is 1.38. The van der Waals surface area contributed by atoms with Crippen LogP contribution in [0.15, 0.2) is 36.4 Å². The van der Waals surface area contributed by atoms with Crippen molar-refractivity contribution in [3.63, 3.8) is 0 Å². The molecule has 1 atom stereocenters. The molecule has 0 radical (unpaired) electrons. The maximum absolute atomic E-state index is 5.91. The third kappa shape index (κ3) is 12.8. The number of benzene rings is 1. The Kier molecular flexibility index (Phi) is 13.7. The Morgan fingerprint density at radius 1 is 0.828 bits per heavy atom. The van der Waals surface area contributed by atoms with E-state index in [2.05, 4.69) is 43.3 Å². The van der Waals surface area contributed by atoms with Crippen molar-refractivity contribution in [2.75, 3.05) is 13.2 Å². The zero-order chi connectivity index (χ0) is 20.4. The summed E-state index contributed by atoms with van der Waals surface area (Å²) in [5.74, 6) is 1.05. The van der Waals surface area contributed by atoms with Gasteiger partial charge in [-0.3, -0.25) is 0 Å². The molecule has 0 saturated carbocycles. The fourth-order valence-electron chi connectivity index (χ4n) is 3.76. The maximum Gasteiger partial charge on any atom is 0.122 e. The lowest BCUT2D eigenvalue weighted by atomic mass is 10.0. The van der Waals surface area contributed by atoms with Crippen LogP contribution in [-0.2, 0) is 11.2 Å². The van der Waals surface area contributed by atoms with Crippen molar-refractivity contribution in [1.82, 2.24) is 0 Å². The van der Waals surface area contributed by atoms with Gasteiger partial charge in [0.05, 0.1) is 6.61 Å². The van der Waals surface area contributed by atoms with Gasteiger partial charge in [-0.1, -0.05) is 95.1 Å². The Morgan fingerprint density at radius 3 is 2.07 bits per heavy atom. The van der Waals surface area contributed by atoms with Gasteiger partial charge in [-0.2, -0.15) is 0 Å². The Morgan fingerprint density at radius 2 is 1.41 bits per heavy atom. The second-order valence-electron chi connectivity index (χ2n) is 8.56. The average Bonchev–Trinajstić information content (AvgIpc) is 3.57. The number of rotatable bonds is 19. The highest BCUT2D eigenvalue weighted by Gasteiger charge is 2.23. The molecule has 1 saturated heterocycles. The third-order valence-electron chi connectivity index (χ3n) is 5.76. The van der Waals surface area contributed by atoms with Crippen LogP contribution in [0.3, 0.4) is 0 Å². The summed E-state index contributed by atoms with van der Waals surface area (Å²) in [5.41, 5.74) is 1.35. The molecule has 29 heavy (non-hydrogen) atoms. The van der Waals surface area contributed by atoms with E-state index in [9.17, 15) is 0 Å². The monoisotopic (exact) mass is 400 g/mol. The Bertz CT molecular complexity index is 533. The summed E-state index contributed by atoms with van der Waals surface area (Å²) in [6.07, 6.45) is 25.3. The zero-order valence-corrected chi connectivity index (χ0v) is 18.9. The van der Waals surface area contributed by atoms with Crippen molar-refractivity contribution in [2.45, 2.75) is 109 Å². The molecule has 1 aromatic rings. The number of ether oxygens (including phenoxy) is 2. The van der Waals surface area contributed by atoms with Crippen molar-refractivity contribution in [1.29, 1.82) is 0 Å². The molecule has 1 aliphatic heterocycles. The normalized spacial score (nSPS) is 15.8. The standard InChI is InChI=1S/C27H44O2/c1-2-3-4-5-6-7-8-9-10-11-12-13-14-15-16-17-20-25-21-18-19-22-27(25)29-24-26-23-28-26/h10-11,18-19,21-22,26H,2-9,12-17,20,23-24H2,1H3/b11-10+. The second-order valence-corrected chi connectivity index (χ2v) is 8.56. The summed E-state index contributed by atoms with van der Waals surface area (Å²) in [6.45, 7) is 3.84. The minimum atomic E-state index is 0.327. The minimum Gasteiger partial charge on any atom is -0.491 e. The van der Waals surface area contributed by atoms with Gasteiger partial charge in [0, 0.05) is 0 Å². The van der Waals surface area contributed by atoms with Gasteiger partial charge >= 0.3 is 0 Å². The summed E-state index contributed by atoms with van der Waals surface area (Å²) in [7, 11) is 0. The van der Waals surface area contributed by atoms with Gasteiger partial charge in [0.15, 0.2) is 0 Å². The van der Waals surface area contributed by atoms with E-state index in [1.807, 2.05) is 0 Å². The van der Waals surface area contributed by atoms with E-state index in [0.717, 1.165) is 18.8 Å². The van der Waals surface area contributed by atoms with Crippen molar-refractivity contribution >= 4 is 0 Å². The summed E-state index contributed by atoms with van der Waals surface area (Å²) in [4.78, 5) is 0. The van der Waals surface area contributed by atoms with E-state index < -0.39 is 0 Å². The van der Waals surface area contributed by atoms with Gasteiger partial charge in [-0.25, -0.2) is 0 Å². The number of hydrogen-bond acceptors (Lipinski definition) is 2. The first-order chi connectivity index (χ1) is 14.4. The number of unbranched alkanes of at least 4 members (excludes halogenated alkanes) is 12. The van der Waals surface area contributed by atoms with E-state index in [-0.39, 0.29) is 0 Å². The largest absolute Gasteiger partial charge is 0.491 e. The molecule has 0 N–H and O–H groups in total. The summed E-state index contributed by atoms with van der Waals surface area (Å²) < 4.78 is 11.1. The molecule has 1 aromatic carbocycles. The van der Waals surface area contributed by atoms with E-state index >= 15 is 0 Å². The third-order valence-corrected chi connectivity index (χ3v) is 5.76. The van der Waals surface area contributed by atoms with Crippen LogP contribution in [0.1, 0.15) is 102 Å². The molecule has 2 rings (SSSR count). The molecule has 2 nitrogen and oxygen atoms in total. The van der Waals surface area contributed by atoms with Crippen LogP contribution in [0.2, 0.25) is 0 Å². The number of allylic oxidation sites excluding steroid dienone is 2. The van der Waals surface area contributed by atoms with Crippen LogP contribution >= 0.6 is 0 Å². The molecule has 0 aliphatic carbocycles. The lowest BCUT2D eigenvalue weighted by molar-refractivity contribution is 0.261. The molecule has 1 aliphatic rings. The number of epoxide rings is 1. The molecule has 1 heterocycles. The van der Waals surface area contributed by atoms with Crippen LogP contribution in [0, 0.1) is 0 Å². The number of para-hydroxylation sites is 1.